The van der Waals surface area contributed by atoms with E-state index in [2.05, 4.69) is 37.2 Å². The summed E-state index contributed by atoms with van der Waals surface area (Å²) in [4.78, 5) is 11.8. The van der Waals surface area contributed by atoms with Crippen LogP contribution in [0.4, 0.5) is 0 Å². The van der Waals surface area contributed by atoms with Gasteiger partial charge < -0.3 is 14.5 Å². The van der Waals surface area contributed by atoms with Crippen molar-refractivity contribution in [3.63, 3.8) is 0 Å². The topological polar surface area (TPSA) is 51.5 Å². The molecular weight excluding hydrogens is 342 g/mol. The van der Waals surface area contributed by atoms with E-state index in [9.17, 15) is 4.79 Å². The summed E-state index contributed by atoms with van der Waals surface area (Å²) >= 11 is 6.58. The van der Waals surface area contributed by atoms with Crippen LogP contribution in [0.5, 0.6) is 0 Å². The molecule has 0 bridgehead atoms. The molecule has 90 valence electrons. The molecule has 0 aromatic carbocycles. The van der Waals surface area contributed by atoms with Gasteiger partial charge in [-0.1, -0.05) is 15.9 Å². The zero-order valence-electron chi connectivity index (χ0n) is 8.83. The molecule has 0 aliphatic rings. The van der Waals surface area contributed by atoms with E-state index >= 15 is 0 Å². The number of rotatable bonds is 6. The molecule has 0 spiro atoms. The number of amides is 1. The van der Waals surface area contributed by atoms with Crippen LogP contribution >= 0.6 is 31.9 Å². The zero-order chi connectivity index (χ0) is 12.0. The summed E-state index contributed by atoms with van der Waals surface area (Å²) < 4.78 is 10.6. The van der Waals surface area contributed by atoms with Crippen LogP contribution in [0.3, 0.4) is 0 Å². The van der Waals surface area contributed by atoms with Gasteiger partial charge in [-0.05, 0) is 34.5 Å². The van der Waals surface area contributed by atoms with E-state index in [1.54, 1.807) is 19.2 Å². The van der Waals surface area contributed by atoms with Crippen molar-refractivity contribution in [2.45, 2.75) is 11.2 Å². The third-order valence-electron chi connectivity index (χ3n) is 1.89. The van der Waals surface area contributed by atoms with Crippen LogP contribution in [0.2, 0.25) is 0 Å². The van der Waals surface area contributed by atoms with Gasteiger partial charge in [-0.25, -0.2) is 0 Å². The SMILES string of the molecule is COCC(Br)CCNC(=O)c1ccc(Br)o1. The summed E-state index contributed by atoms with van der Waals surface area (Å²) in [6.45, 7) is 1.21. The van der Waals surface area contributed by atoms with Gasteiger partial charge >= 0.3 is 0 Å². The van der Waals surface area contributed by atoms with Gasteiger partial charge in [-0.15, -0.1) is 0 Å². The highest BCUT2D eigenvalue weighted by molar-refractivity contribution is 9.10. The second-order valence-electron chi connectivity index (χ2n) is 3.20. The van der Waals surface area contributed by atoms with Crippen molar-refractivity contribution in [2.24, 2.45) is 0 Å². The first-order valence-corrected chi connectivity index (χ1v) is 6.51. The third-order valence-corrected chi connectivity index (χ3v) is 3.04. The van der Waals surface area contributed by atoms with Crippen LogP contribution in [-0.2, 0) is 4.74 Å². The lowest BCUT2D eigenvalue weighted by molar-refractivity contribution is 0.0923. The van der Waals surface area contributed by atoms with E-state index in [0.717, 1.165) is 6.42 Å². The number of hydrogen-bond donors (Lipinski definition) is 1. The maximum Gasteiger partial charge on any atom is 0.287 e. The minimum absolute atomic E-state index is 0.206. The maximum absolute atomic E-state index is 11.5. The van der Waals surface area contributed by atoms with Crippen molar-refractivity contribution >= 4 is 37.8 Å². The summed E-state index contributed by atoms with van der Waals surface area (Å²) in [5.74, 6) is 0.104. The van der Waals surface area contributed by atoms with Gasteiger partial charge in [0.25, 0.3) is 5.91 Å². The van der Waals surface area contributed by atoms with Crippen LogP contribution < -0.4 is 5.32 Å². The maximum atomic E-state index is 11.5. The molecule has 1 N–H and O–H groups in total. The Hall–Kier alpha value is -0.330. The van der Waals surface area contributed by atoms with E-state index in [-0.39, 0.29) is 10.7 Å². The number of nitrogens with one attached hydrogen (secondary N) is 1. The van der Waals surface area contributed by atoms with Crippen molar-refractivity contribution in [1.29, 1.82) is 0 Å². The zero-order valence-corrected chi connectivity index (χ0v) is 12.0. The molecule has 1 aromatic heterocycles. The van der Waals surface area contributed by atoms with Gasteiger partial charge in [-0.2, -0.15) is 0 Å². The van der Waals surface area contributed by atoms with Gasteiger partial charge in [-0.3, -0.25) is 4.79 Å². The number of hydrogen-bond acceptors (Lipinski definition) is 3. The Morgan fingerprint density at radius 2 is 2.38 bits per heavy atom. The first-order valence-electron chi connectivity index (χ1n) is 4.80. The second kappa shape index (κ2) is 7.09. The molecular formula is C10H13Br2NO3. The number of halogens is 2. The molecule has 0 fully saturated rings. The lowest BCUT2D eigenvalue weighted by atomic mass is 10.3. The fraction of sp³-hybridized carbons (Fsp3) is 0.500. The number of alkyl halides is 1. The molecule has 0 saturated carbocycles. The molecule has 1 heterocycles. The first kappa shape index (κ1) is 13.7. The van der Waals surface area contributed by atoms with Crippen molar-refractivity contribution < 1.29 is 13.9 Å². The molecule has 0 saturated heterocycles. The Morgan fingerprint density at radius 3 is 2.94 bits per heavy atom. The summed E-state index contributed by atoms with van der Waals surface area (Å²) in [5, 5.41) is 2.76. The monoisotopic (exact) mass is 353 g/mol. The smallest absolute Gasteiger partial charge is 0.287 e. The average molecular weight is 355 g/mol. The van der Waals surface area contributed by atoms with Gasteiger partial charge in [0.05, 0.1) is 6.61 Å². The van der Waals surface area contributed by atoms with Crippen LogP contribution in [0.25, 0.3) is 0 Å². The molecule has 1 rings (SSSR count). The second-order valence-corrected chi connectivity index (χ2v) is 5.28. The molecule has 1 unspecified atom stereocenters. The molecule has 1 amide bonds. The Labute approximate surface area is 111 Å². The minimum Gasteiger partial charge on any atom is -0.444 e. The highest BCUT2D eigenvalue weighted by atomic mass is 79.9. The summed E-state index contributed by atoms with van der Waals surface area (Å²) in [7, 11) is 1.65. The lowest BCUT2D eigenvalue weighted by Gasteiger charge is -2.08. The normalized spacial score (nSPS) is 12.4. The van der Waals surface area contributed by atoms with Gasteiger partial charge in [0, 0.05) is 18.5 Å². The standard InChI is InChI=1S/C10H13Br2NO3/c1-15-6-7(11)4-5-13-10(14)8-2-3-9(12)16-8/h2-3,7H,4-6H2,1H3,(H,13,14). The number of carbonyl (C=O) groups excluding carboxylic acids is 1. The lowest BCUT2D eigenvalue weighted by Crippen LogP contribution is -2.26. The summed E-state index contributed by atoms with van der Waals surface area (Å²) in [6, 6.07) is 3.31. The van der Waals surface area contributed by atoms with Crippen molar-refractivity contribution in [2.75, 3.05) is 20.3 Å². The summed E-state index contributed by atoms with van der Waals surface area (Å²) in [5.41, 5.74) is 0. The fourth-order valence-electron chi connectivity index (χ4n) is 1.13. The highest BCUT2D eigenvalue weighted by Gasteiger charge is 2.10. The number of methoxy groups -OCH3 is 1. The van der Waals surface area contributed by atoms with Crippen LogP contribution in [0, 0.1) is 0 Å². The Morgan fingerprint density at radius 1 is 1.62 bits per heavy atom. The number of ether oxygens (including phenoxy) is 1. The van der Waals surface area contributed by atoms with E-state index < -0.39 is 0 Å². The molecule has 0 aliphatic carbocycles. The molecule has 16 heavy (non-hydrogen) atoms. The summed E-state index contributed by atoms with van der Waals surface area (Å²) in [6.07, 6.45) is 0.807. The minimum atomic E-state index is -0.206. The van der Waals surface area contributed by atoms with E-state index in [0.29, 0.717) is 23.6 Å². The van der Waals surface area contributed by atoms with Crippen LogP contribution in [-0.4, -0.2) is 31.0 Å². The van der Waals surface area contributed by atoms with Gasteiger partial charge in [0.2, 0.25) is 0 Å². The largest absolute Gasteiger partial charge is 0.444 e. The molecule has 1 atom stereocenters. The van der Waals surface area contributed by atoms with Gasteiger partial charge in [0.1, 0.15) is 0 Å². The average Bonchev–Trinajstić information content (AvgIpc) is 2.65. The predicted octanol–water partition coefficient (Wildman–Crippen LogP) is 2.57. The molecule has 0 aliphatic heterocycles. The molecule has 1 aromatic rings. The fourth-order valence-corrected chi connectivity index (χ4v) is 1.93. The van der Waals surface area contributed by atoms with E-state index in [1.807, 2.05) is 0 Å². The van der Waals surface area contributed by atoms with Crippen LogP contribution in [0.1, 0.15) is 17.0 Å². The van der Waals surface area contributed by atoms with Crippen molar-refractivity contribution in [1.82, 2.24) is 5.32 Å². The molecule has 4 nitrogen and oxygen atoms in total. The van der Waals surface area contributed by atoms with E-state index in [1.165, 1.54) is 0 Å². The quantitative estimate of drug-likeness (QED) is 0.799. The molecule has 0 radical (unpaired) electrons. The Balaban J connectivity index is 2.25. The van der Waals surface area contributed by atoms with Crippen molar-refractivity contribution in [3.8, 4) is 0 Å². The number of carbonyl (C=O) groups is 1. The van der Waals surface area contributed by atoms with E-state index in [4.69, 9.17) is 9.15 Å². The number of furan rings is 1. The Bertz CT molecular complexity index is 341. The predicted molar refractivity (Wildman–Crippen MR) is 67.9 cm³/mol. The highest BCUT2D eigenvalue weighted by Crippen LogP contribution is 2.13. The van der Waals surface area contributed by atoms with Crippen LogP contribution in [0.15, 0.2) is 21.2 Å². The first-order chi connectivity index (χ1) is 7.63. The Kier molecular flexibility index (Phi) is 6.08. The third kappa shape index (κ3) is 4.67. The molecule has 6 heteroatoms. The van der Waals surface area contributed by atoms with Gasteiger partial charge in [0.15, 0.2) is 10.4 Å². The van der Waals surface area contributed by atoms with Crippen molar-refractivity contribution in [3.05, 3.63) is 22.6 Å².